The van der Waals surface area contributed by atoms with Gasteiger partial charge in [0.2, 0.25) is 0 Å². The molecule has 6 nitrogen and oxygen atoms in total. The molecule has 1 aromatic carbocycles. The average Bonchev–Trinajstić information content (AvgIpc) is 2.56. The second-order valence-electron chi connectivity index (χ2n) is 7.20. The summed E-state index contributed by atoms with van der Waals surface area (Å²) in [5.41, 5.74) is 0.487. The quantitative estimate of drug-likeness (QED) is 0.628. The highest BCUT2D eigenvalue weighted by molar-refractivity contribution is 14.1. The third-order valence-corrected chi connectivity index (χ3v) is 5.53. The summed E-state index contributed by atoms with van der Waals surface area (Å²) in [5.74, 6) is 0.741. The van der Waals surface area contributed by atoms with E-state index >= 15 is 0 Å². The number of ether oxygens (including phenoxy) is 2. The molecular formula is C18H27ClIN3O3. The number of methoxy groups -OCH3 is 1. The van der Waals surface area contributed by atoms with Gasteiger partial charge in [0, 0.05) is 48.9 Å². The normalized spacial score (nSPS) is 15.7. The average molecular weight is 496 g/mol. The Kier molecular flexibility index (Phi) is 7.66. The number of benzene rings is 1. The molecule has 1 heterocycles. The SMILES string of the molecule is COc1cc(Cl)c(I)cc1NCCN1CCN(C(=O)OC(C)(C)C)CC1. The number of hydrogen-bond donors (Lipinski definition) is 1. The minimum Gasteiger partial charge on any atom is -0.495 e. The van der Waals surface area contributed by atoms with Crippen LogP contribution in [0.15, 0.2) is 12.1 Å². The topological polar surface area (TPSA) is 54.0 Å². The van der Waals surface area contributed by atoms with E-state index in [9.17, 15) is 4.79 Å². The fourth-order valence-corrected chi connectivity index (χ4v) is 3.29. The van der Waals surface area contributed by atoms with E-state index in [1.807, 2.05) is 32.9 Å². The lowest BCUT2D eigenvalue weighted by Gasteiger charge is -2.35. The van der Waals surface area contributed by atoms with Gasteiger partial charge in [0.25, 0.3) is 0 Å². The molecule has 0 saturated carbocycles. The molecule has 0 aromatic heterocycles. The lowest BCUT2D eigenvalue weighted by atomic mass is 10.2. The molecule has 1 amide bonds. The number of amides is 1. The zero-order valence-electron chi connectivity index (χ0n) is 15.8. The molecule has 0 radical (unpaired) electrons. The Hall–Kier alpha value is -0.930. The van der Waals surface area contributed by atoms with Crippen LogP contribution < -0.4 is 10.1 Å². The van der Waals surface area contributed by atoms with Crippen LogP contribution in [-0.4, -0.2) is 67.9 Å². The molecule has 26 heavy (non-hydrogen) atoms. The van der Waals surface area contributed by atoms with Gasteiger partial charge in [-0.2, -0.15) is 0 Å². The number of rotatable bonds is 5. The van der Waals surface area contributed by atoms with E-state index in [1.54, 1.807) is 12.0 Å². The molecule has 146 valence electrons. The summed E-state index contributed by atoms with van der Waals surface area (Å²) in [4.78, 5) is 16.2. The van der Waals surface area contributed by atoms with E-state index in [2.05, 4.69) is 32.8 Å². The first kappa shape index (κ1) is 21.4. The zero-order chi connectivity index (χ0) is 19.3. The third-order valence-electron chi connectivity index (χ3n) is 4.01. The Morgan fingerprint density at radius 3 is 2.50 bits per heavy atom. The van der Waals surface area contributed by atoms with Crippen molar-refractivity contribution in [1.29, 1.82) is 0 Å². The molecule has 0 bridgehead atoms. The molecule has 0 aliphatic carbocycles. The van der Waals surface area contributed by atoms with Gasteiger partial charge in [-0.05, 0) is 49.4 Å². The highest BCUT2D eigenvalue weighted by atomic mass is 127. The van der Waals surface area contributed by atoms with Crippen molar-refractivity contribution in [1.82, 2.24) is 9.80 Å². The van der Waals surface area contributed by atoms with Crippen molar-refractivity contribution in [3.63, 3.8) is 0 Å². The van der Waals surface area contributed by atoms with E-state index in [0.29, 0.717) is 18.1 Å². The fraction of sp³-hybridized carbons (Fsp3) is 0.611. The second-order valence-corrected chi connectivity index (χ2v) is 8.77. The first-order valence-electron chi connectivity index (χ1n) is 8.67. The fourth-order valence-electron chi connectivity index (χ4n) is 2.66. The molecule has 2 rings (SSSR count). The first-order chi connectivity index (χ1) is 12.2. The maximum Gasteiger partial charge on any atom is 0.410 e. The summed E-state index contributed by atoms with van der Waals surface area (Å²) >= 11 is 8.34. The standard InChI is InChI=1S/C18H27ClIN3O3/c1-18(2,3)26-17(24)23-9-7-22(8-10-23)6-5-21-15-12-14(20)13(19)11-16(15)25-4/h11-12,21H,5-10H2,1-4H3. The van der Waals surface area contributed by atoms with Gasteiger partial charge in [-0.25, -0.2) is 4.79 Å². The Morgan fingerprint density at radius 2 is 1.92 bits per heavy atom. The molecular weight excluding hydrogens is 469 g/mol. The molecule has 1 N–H and O–H groups in total. The Bertz CT molecular complexity index is 629. The minimum atomic E-state index is -0.451. The first-order valence-corrected chi connectivity index (χ1v) is 10.1. The van der Waals surface area contributed by atoms with Gasteiger partial charge in [-0.1, -0.05) is 11.6 Å². The lowest BCUT2D eigenvalue weighted by Crippen LogP contribution is -2.50. The van der Waals surface area contributed by atoms with Crippen LogP contribution in [0.2, 0.25) is 5.02 Å². The molecule has 1 fully saturated rings. The van der Waals surface area contributed by atoms with Crippen molar-refractivity contribution < 1.29 is 14.3 Å². The van der Waals surface area contributed by atoms with E-state index < -0.39 is 5.60 Å². The van der Waals surface area contributed by atoms with Gasteiger partial charge < -0.3 is 19.7 Å². The smallest absolute Gasteiger partial charge is 0.410 e. The number of piperazine rings is 1. The van der Waals surface area contributed by atoms with Crippen LogP contribution in [0.5, 0.6) is 5.75 Å². The van der Waals surface area contributed by atoms with E-state index in [4.69, 9.17) is 21.1 Å². The summed E-state index contributed by atoms with van der Waals surface area (Å²) in [7, 11) is 1.64. The molecule has 1 aromatic rings. The van der Waals surface area contributed by atoms with Crippen LogP contribution in [-0.2, 0) is 4.74 Å². The molecule has 0 unspecified atom stereocenters. The summed E-state index contributed by atoms with van der Waals surface area (Å²) in [6.07, 6.45) is -0.226. The molecule has 1 aliphatic rings. The summed E-state index contributed by atoms with van der Waals surface area (Å²) in [6.45, 7) is 10.4. The van der Waals surface area contributed by atoms with Crippen LogP contribution >= 0.6 is 34.2 Å². The van der Waals surface area contributed by atoms with Crippen molar-refractivity contribution in [2.45, 2.75) is 26.4 Å². The lowest BCUT2D eigenvalue weighted by molar-refractivity contribution is 0.0148. The van der Waals surface area contributed by atoms with Crippen molar-refractivity contribution in [2.24, 2.45) is 0 Å². The van der Waals surface area contributed by atoms with Crippen LogP contribution in [0.25, 0.3) is 0 Å². The van der Waals surface area contributed by atoms with E-state index in [1.165, 1.54) is 0 Å². The van der Waals surface area contributed by atoms with E-state index in [-0.39, 0.29) is 6.09 Å². The Morgan fingerprint density at radius 1 is 1.27 bits per heavy atom. The van der Waals surface area contributed by atoms with Gasteiger partial charge in [0.1, 0.15) is 11.4 Å². The Labute approximate surface area is 174 Å². The van der Waals surface area contributed by atoms with Gasteiger partial charge in [0.05, 0.1) is 17.8 Å². The van der Waals surface area contributed by atoms with Gasteiger partial charge in [-0.15, -0.1) is 0 Å². The van der Waals surface area contributed by atoms with Crippen LogP contribution in [0.3, 0.4) is 0 Å². The van der Waals surface area contributed by atoms with Gasteiger partial charge >= 0.3 is 6.09 Å². The molecule has 1 saturated heterocycles. The number of halogens is 2. The second kappa shape index (κ2) is 9.32. The van der Waals surface area contributed by atoms with Crippen molar-refractivity contribution >= 4 is 46.0 Å². The largest absolute Gasteiger partial charge is 0.495 e. The number of nitrogens with zero attached hydrogens (tertiary/aromatic N) is 2. The number of carbonyl (C=O) groups excluding carboxylic acids is 1. The maximum absolute atomic E-state index is 12.1. The zero-order valence-corrected chi connectivity index (χ0v) is 18.7. The maximum atomic E-state index is 12.1. The number of carbonyl (C=O) groups is 1. The minimum absolute atomic E-state index is 0.226. The monoisotopic (exact) mass is 495 g/mol. The number of nitrogens with one attached hydrogen (secondary N) is 1. The molecule has 0 spiro atoms. The predicted molar refractivity (Wildman–Crippen MR) is 113 cm³/mol. The van der Waals surface area contributed by atoms with Gasteiger partial charge in [0.15, 0.2) is 0 Å². The number of anilines is 1. The third kappa shape index (κ3) is 6.35. The van der Waals surface area contributed by atoms with Crippen molar-refractivity contribution in [2.75, 3.05) is 51.7 Å². The van der Waals surface area contributed by atoms with Crippen LogP contribution in [0.1, 0.15) is 20.8 Å². The van der Waals surface area contributed by atoms with Crippen LogP contribution in [0, 0.1) is 3.57 Å². The summed E-state index contributed by atoms with van der Waals surface area (Å²) < 4.78 is 11.8. The summed E-state index contributed by atoms with van der Waals surface area (Å²) in [5, 5.41) is 4.10. The molecule has 1 aliphatic heterocycles. The van der Waals surface area contributed by atoms with Crippen LogP contribution in [0.4, 0.5) is 10.5 Å². The highest BCUT2D eigenvalue weighted by Crippen LogP contribution is 2.32. The van der Waals surface area contributed by atoms with Crippen molar-refractivity contribution in [3.05, 3.63) is 20.7 Å². The number of hydrogen-bond acceptors (Lipinski definition) is 5. The molecule has 0 atom stereocenters. The Balaban J connectivity index is 1.77. The molecule has 8 heteroatoms. The van der Waals surface area contributed by atoms with E-state index in [0.717, 1.165) is 41.2 Å². The van der Waals surface area contributed by atoms with Gasteiger partial charge in [-0.3, -0.25) is 4.90 Å². The highest BCUT2D eigenvalue weighted by Gasteiger charge is 2.25. The predicted octanol–water partition coefficient (Wildman–Crippen LogP) is 3.92. The van der Waals surface area contributed by atoms with Crippen molar-refractivity contribution in [3.8, 4) is 5.75 Å². The summed E-state index contributed by atoms with van der Waals surface area (Å²) in [6, 6.07) is 3.81.